The van der Waals surface area contributed by atoms with Crippen LogP contribution in [0.1, 0.15) is 38.0 Å². The molecule has 1 aliphatic heterocycles. The molecular weight excluding hydrogens is 224 g/mol. The normalized spacial score (nSPS) is 18.7. The second-order valence-corrected chi connectivity index (χ2v) is 5.81. The van der Waals surface area contributed by atoms with Crippen molar-refractivity contribution in [3.8, 4) is 0 Å². The number of piperidine rings is 1. The van der Waals surface area contributed by atoms with Crippen LogP contribution in [0.3, 0.4) is 0 Å². The number of nitrogens with zero attached hydrogens (tertiary/aromatic N) is 1. The quantitative estimate of drug-likeness (QED) is 0.871. The standard InChI is InChI=1S/C15H26N2O/c1-12(2)14-4-6-17(7-5-14)10-15-8-13(9-16-3)11-18-15/h8,11-12,14,16H,4-7,9-10H2,1-3H3. The Morgan fingerprint density at radius 2 is 2.11 bits per heavy atom. The zero-order chi connectivity index (χ0) is 13.0. The van der Waals surface area contributed by atoms with Crippen LogP contribution in [0.4, 0.5) is 0 Å². The van der Waals surface area contributed by atoms with Crippen LogP contribution in [0.2, 0.25) is 0 Å². The van der Waals surface area contributed by atoms with E-state index >= 15 is 0 Å². The van der Waals surface area contributed by atoms with Crippen LogP contribution in [-0.2, 0) is 13.1 Å². The highest BCUT2D eigenvalue weighted by molar-refractivity contribution is 5.12. The summed E-state index contributed by atoms with van der Waals surface area (Å²) < 4.78 is 5.61. The van der Waals surface area contributed by atoms with E-state index in [1.54, 1.807) is 0 Å². The SMILES string of the molecule is CNCc1coc(CN2CCC(C(C)C)CC2)c1. The molecule has 1 fully saturated rings. The molecule has 0 aromatic carbocycles. The van der Waals surface area contributed by atoms with Gasteiger partial charge in [0.15, 0.2) is 0 Å². The van der Waals surface area contributed by atoms with Crippen LogP contribution in [0.5, 0.6) is 0 Å². The average molecular weight is 250 g/mol. The van der Waals surface area contributed by atoms with Gasteiger partial charge in [-0.05, 0) is 50.9 Å². The van der Waals surface area contributed by atoms with Crippen LogP contribution < -0.4 is 5.32 Å². The fourth-order valence-electron chi connectivity index (χ4n) is 2.80. The van der Waals surface area contributed by atoms with E-state index < -0.39 is 0 Å². The van der Waals surface area contributed by atoms with Gasteiger partial charge in [0.05, 0.1) is 12.8 Å². The fraction of sp³-hybridized carbons (Fsp3) is 0.733. The van der Waals surface area contributed by atoms with E-state index in [0.29, 0.717) is 0 Å². The van der Waals surface area contributed by atoms with Gasteiger partial charge in [-0.1, -0.05) is 13.8 Å². The van der Waals surface area contributed by atoms with Crippen molar-refractivity contribution in [1.29, 1.82) is 0 Å². The van der Waals surface area contributed by atoms with Crippen molar-refractivity contribution in [3.05, 3.63) is 23.7 Å². The molecule has 1 N–H and O–H groups in total. The second-order valence-electron chi connectivity index (χ2n) is 5.81. The molecular formula is C15H26N2O. The molecule has 0 amide bonds. The average Bonchev–Trinajstić information content (AvgIpc) is 2.78. The first-order valence-corrected chi connectivity index (χ1v) is 7.12. The van der Waals surface area contributed by atoms with E-state index in [9.17, 15) is 0 Å². The lowest BCUT2D eigenvalue weighted by Gasteiger charge is -2.33. The van der Waals surface area contributed by atoms with Crippen molar-refractivity contribution in [3.63, 3.8) is 0 Å². The molecule has 3 heteroatoms. The van der Waals surface area contributed by atoms with Gasteiger partial charge >= 0.3 is 0 Å². The zero-order valence-corrected chi connectivity index (χ0v) is 11.9. The van der Waals surface area contributed by atoms with E-state index in [1.807, 2.05) is 13.3 Å². The molecule has 1 aromatic heterocycles. The van der Waals surface area contributed by atoms with Crippen LogP contribution >= 0.6 is 0 Å². The summed E-state index contributed by atoms with van der Waals surface area (Å²) in [4.78, 5) is 2.51. The molecule has 0 unspecified atom stereocenters. The van der Waals surface area contributed by atoms with Gasteiger partial charge in [-0.3, -0.25) is 4.90 Å². The van der Waals surface area contributed by atoms with Gasteiger partial charge < -0.3 is 9.73 Å². The predicted octanol–water partition coefficient (Wildman–Crippen LogP) is 2.87. The highest BCUT2D eigenvalue weighted by Crippen LogP contribution is 2.25. The summed E-state index contributed by atoms with van der Waals surface area (Å²) in [5.41, 5.74) is 1.24. The van der Waals surface area contributed by atoms with Crippen LogP contribution in [0, 0.1) is 11.8 Å². The summed E-state index contributed by atoms with van der Waals surface area (Å²) in [6.45, 7) is 8.97. The molecule has 1 aliphatic rings. The maximum atomic E-state index is 5.61. The van der Waals surface area contributed by atoms with Gasteiger partial charge in [0.2, 0.25) is 0 Å². The summed E-state index contributed by atoms with van der Waals surface area (Å²) in [6, 6.07) is 2.17. The number of hydrogen-bond acceptors (Lipinski definition) is 3. The maximum Gasteiger partial charge on any atom is 0.118 e. The number of hydrogen-bond donors (Lipinski definition) is 1. The minimum absolute atomic E-state index is 0.831. The molecule has 0 bridgehead atoms. The highest BCUT2D eigenvalue weighted by atomic mass is 16.3. The molecule has 0 atom stereocenters. The van der Waals surface area contributed by atoms with Crippen LogP contribution in [0.25, 0.3) is 0 Å². The minimum atomic E-state index is 0.831. The van der Waals surface area contributed by atoms with Crippen molar-refractivity contribution in [1.82, 2.24) is 10.2 Å². The summed E-state index contributed by atoms with van der Waals surface area (Å²) in [5.74, 6) is 2.85. The lowest BCUT2D eigenvalue weighted by molar-refractivity contribution is 0.144. The molecule has 102 valence electrons. The monoisotopic (exact) mass is 250 g/mol. The molecule has 3 nitrogen and oxygen atoms in total. The third kappa shape index (κ3) is 3.59. The zero-order valence-electron chi connectivity index (χ0n) is 11.9. The molecule has 1 aromatic rings. The maximum absolute atomic E-state index is 5.61. The van der Waals surface area contributed by atoms with E-state index in [1.165, 1.54) is 31.5 Å². The summed E-state index contributed by atoms with van der Waals surface area (Å²) in [6.07, 6.45) is 4.54. The molecule has 0 spiro atoms. The Hall–Kier alpha value is -0.800. The first kappa shape index (κ1) is 13.6. The Kier molecular flexibility index (Phi) is 4.84. The minimum Gasteiger partial charge on any atom is -0.468 e. The Balaban J connectivity index is 1.80. The molecule has 0 radical (unpaired) electrons. The molecule has 18 heavy (non-hydrogen) atoms. The Bertz CT molecular complexity index is 351. The lowest BCUT2D eigenvalue weighted by atomic mass is 9.87. The van der Waals surface area contributed by atoms with Gasteiger partial charge in [-0.25, -0.2) is 0 Å². The Labute approximate surface area is 111 Å². The van der Waals surface area contributed by atoms with Crippen LogP contribution in [-0.4, -0.2) is 25.0 Å². The second kappa shape index (κ2) is 6.39. The predicted molar refractivity (Wildman–Crippen MR) is 74.3 cm³/mol. The lowest BCUT2D eigenvalue weighted by Crippen LogP contribution is -2.34. The molecule has 0 aliphatic carbocycles. The van der Waals surface area contributed by atoms with Gasteiger partial charge in [-0.2, -0.15) is 0 Å². The highest BCUT2D eigenvalue weighted by Gasteiger charge is 2.22. The first-order valence-electron chi connectivity index (χ1n) is 7.12. The van der Waals surface area contributed by atoms with E-state index in [0.717, 1.165) is 30.7 Å². The number of nitrogens with one attached hydrogen (secondary N) is 1. The topological polar surface area (TPSA) is 28.4 Å². The first-order chi connectivity index (χ1) is 8.69. The van der Waals surface area contributed by atoms with Crippen molar-refractivity contribution in [2.45, 2.75) is 39.8 Å². The largest absolute Gasteiger partial charge is 0.468 e. The van der Waals surface area contributed by atoms with Crippen molar-refractivity contribution < 1.29 is 4.42 Å². The van der Waals surface area contributed by atoms with E-state index in [-0.39, 0.29) is 0 Å². The van der Waals surface area contributed by atoms with Gasteiger partial charge in [-0.15, -0.1) is 0 Å². The molecule has 2 heterocycles. The molecule has 0 saturated carbocycles. The van der Waals surface area contributed by atoms with Gasteiger partial charge in [0.1, 0.15) is 5.76 Å². The number of likely N-dealkylation sites (tertiary alicyclic amines) is 1. The smallest absolute Gasteiger partial charge is 0.118 e. The van der Waals surface area contributed by atoms with E-state index in [4.69, 9.17) is 4.42 Å². The summed E-state index contributed by atoms with van der Waals surface area (Å²) >= 11 is 0. The van der Waals surface area contributed by atoms with Gasteiger partial charge in [0, 0.05) is 12.1 Å². The fourth-order valence-corrected chi connectivity index (χ4v) is 2.80. The van der Waals surface area contributed by atoms with Crippen LogP contribution in [0.15, 0.2) is 16.7 Å². The molecule has 1 saturated heterocycles. The number of rotatable bonds is 5. The Morgan fingerprint density at radius 3 is 2.72 bits per heavy atom. The number of furan rings is 1. The van der Waals surface area contributed by atoms with E-state index in [2.05, 4.69) is 30.1 Å². The van der Waals surface area contributed by atoms with Crippen molar-refractivity contribution >= 4 is 0 Å². The third-order valence-electron chi connectivity index (χ3n) is 4.04. The third-order valence-corrected chi connectivity index (χ3v) is 4.04. The summed E-state index contributed by atoms with van der Waals surface area (Å²) in [7, 11) is 1.96. The van der Waals surface area contributed by atoms with Crippen molar-refractivity contribution in [2.24, 2.45) is 11.8 Å². The van der Waals surface area contributed by atoms with Crippen molar-refractivity contribution in [2.75, 3.05) is 20.1 Å². The summed E-state index contributed by atoms with van der Waals surface area (Å²) in [5, 5.41) is 3.15. The van der Waals surface area contributed by atoms with Gasteiger partial charge in [0.25, 0.3) is 0 Å². The Morgan fingerprint density at radius 1 is 1.39 bits per heavy atom. The molecule has 2 rings (SSSR count).